The monoisotopic (exact) mass is 290 g/mol. The van der Waals surface area contributed by atoms with Crippen LogP contribution in [0.2, 0.25) is 0 Å². The lowest BCUT2D eigenvalue weighted by Crippen LogP contribution is -2.46. The van der Waals surface area contributed by atoms with Crippen molar-refractivity contribution in [3.8, 4) is 0 Å². The molecule has 2 N–H and O–H groups in total. The van der Waals surface area contributed by atoms with Gasteiger partial charge in [-0.05, 0) is 30.4 Å². The molecule has 1 aromatic carbocycles. The van der Waals surface area contributed by atoms with Crippen LogP contribution in [0.1, 0.15) is 37.9 Å². The van der Waals surface area contributed by atoms with Gasteiger partial charge in [0, 0.05) is 12.6 Å². The third-order valence-corrected chi connectivity index (χ3v) is 4.43. The van der Waals surface area contributed by atoms with Gasteiger partial charge in [0.1, 0.15) is 0 Å². The molecule has 0 saturated carbocycles. The summed E-state index contributed by atoms with van der Waals surface area (Å²) in [7, 11) is 0. The highest BCUT2D eigenvalue weighted by atomic mass is 16.3. The number of fused-ring (bicyclic) bond motifs is 1. The number of nitrogens with one attached hydrogen (secondary N) is 1. The van der Waals surface area contributed by atoms with Gasteiger partial charge in [0.2, 0.25) is 5.91 Å². The second-order valence-electron chi connectivity index (χ2n) is 6.22. The predicted octanol–water partition coefficient (Wildman–Crippen LogP) is 1.74. The van der Waals surface area contributed by atoms with Crippen LogP contribution in [0.25, 0.3) is 0 Å². The Bertz CT molecular complexity index is 487. The van der Waals surface area contributed by atoms with Gasteiger partial charge in [-0.15, -0.1) is 0 Å². The first-order valence-corrected chi connectivity index (χ1v) is 7.75. The minimum absolute atomic E-state index is 0.0361. The third kappa shape index (κ3) is 3.83. The Morgan fingerprint density at radius 3 is 2.76 bits per heavy atom. The van der Waals surface area contributed by atoms with E-state index in [-0.39, 0.29) is 24.6 Å². The van der Waals surface area contributed by atoms with Crippen LogP contribution in [0.4, 0.5) is 0 Å². The maximum atomic E-state index is 12.2. The van der Waals surface area contributed by atoms with E-state index in [4.69, 9.17) is 0 Å². The summed E-state index contributed by atoms with van der Waals surface area (Å²) in [5.41, 5.74) is 2.43. The van der Waals surface area contributed by atoms with Crippen molar-refractivity contribution in [1.29, 1.82) is 0 Å². The van der Waals surface area contributed by atoms with Crippen LogP contribution < -0.4 is 5.32 Å². The Kier molecular flexibility index (Phi) is 5.37. The summed E-state index contributed by atoms with van der Waals surface area (Å²) >= 11 is 0. The highest BCUT2D eigenvalue weighted by molar-refractivity contribution is 5.78. The van der Waals surface area contributed by atoms with E-state index in [9.17, 15) is 9.90 Å². The molecule has 4 heteroatoms. The lowest BCUT2D eigenvalue weighted by atomic mass is 9.93. The molecule has 0 aromatic heterocycles. The van der Waals surface area contributed by atoms with Crippen molar-refractivity contribution in [2.45, 2.75) is 39.3 Å². The van der Waals surface area contributed by atoms with Crippen molar-refractivity contribution in [2.24, 2.45) is 5.92 Å². The first-order chi connectivity index (χ1) is 10.0. The standard InChI is InChI=1S/C17H26N2O2/c1-12(2)13(3)18-17(21)10-19-9-8-14-6-4-5-7-15(14)16(19)11-20/h4-7,12-13,16,20H,8-11H2,1-3H3,(H,18,21). The molecule has 4 nitrogen and oxygen atoms in total. The van der Waals surface area contributed by atoms with Crippen LogP contribution >= 0.6 is 0 Å². The van der Waals surface area contributed by atoms with Gasteiger partial charge in [-0.2, -0.15) is 0 Å². The summed E-state index contributed by atoms with van der Waals surface area (Å²) in [6, 6.07) is 8.27. The molecular formula is C17H26N2O2. The van der Waals surface area contributed by atoms with E-state index in [1.807, 2.05) is 19.1 Å². The van der Waals surface area contributed by atoms with Crippen LogP contribution in [0, 0.1) is 5.92 Å². The van der Waals surface area contributed by atoms with Crippen LogP contribution in [0.5, 0.6) is 0 Å². The number of hydrogen-bond donors (Lipinski definition) is 2. The largest absolute Gasteiger partial charge is 0.394 e. The van der Waals surface area contributed by atoms with Gasteiger partial charge in [0.25, 0.3) is 0 Å². The molecule has 2 atom stereocenters. The summed E-state index contributed by atoms with van der Waals surface area (Å²) in [4.78, 5) is 14.2. The molecule has 1 aromatic rings. The smallest absolute Gasteiger partial charge is 0.234 e. The molecule has 0 spiro atoms. The molecule has 2 rings (SSSR count). The van der Waals surface area contributed by atoms with E-state index in [2.05, 4.69) is 36.2 Å². The van der Waals surface area contributed by atoms with Crippen molar-refractivity contribution in [2.75, 3.05) is 19.7 Å². The Morgan fingerprint density at radius 1 is 1.38 bits per heavy atom. The average molecular weight is 290 g/mol. The molecule has 0 aliphatic carbocycles. The molecule has 1 amide bonds. The van der Waals surface area contributed by atoms with Crippen molar-refractivity contribution >= 4 is 5.91 Å². The summed E-state index contributed by atoms with van der Waals surface area (Å²) in [5.74, 6) is 0.457. The molecule has 0 radical (unpaired) electrons. The fraction of sp³-hybridized carbons (Fsp3) is 0.588. The predicted molar refractivity (Wildman–Crippen MR) is 84.0 cm³/mol. The number of rotatable bonds is 5. The molecule has 1 heterocycles. The Labute approximate surface area is 127 Å². The number of carbonyl (C=O) groups excluding carboxylic acids is 1. The first-order valence-electron chi connectivity index (χ1n) is 7.75. The minimum Gasteiger partial charge on any atom is -0.394 e. The topological polar surface area (TPSA) is 52.6 Å². The van der Waals surface area contributed by atoms with E-state index >= 15 is 0 Å². The summed E-state index contributed by atoms with van der Waals surface area (Å²) in [6.07, 6.45) is 0.930. The highest BCUT2D eigenvalue weighted by Crippen LogP contribution is 2.28. The Balaban J connectivity index is 2.03. The lowest BCUT2D eigenvalue weighted by molar-refractivity contribution is -0.124. The molecule has 1 aliphatic heterocycles. The van der Waals surface area contributed by atoms with Gasteiger partial charge in [-0.25, -0.2) is 0 Å². The SMILES string of the molecule is CC(C)C(C)NC(=O)CN1CCc2ccccc2C1CO. The van der Waals surface area contributed by atoms with E-state index in [0.29, 0.717) is 12.5 Å². The minimum atomic E-state index is -0.0740. The van der Waals surface area contributed by atoms with Crippen LogP contribution in [-0.2, 0) is 11.2 Å². The molecular weight excluding hydrogens is 264 g/mol. The second-order valence-corrected chi connectivity index (χ2v) is 6.22. The molecule has 0 saturated heterocycles. The van der Waals surface area contributed by atoms with Gasteiger partial charge >= 0.3 is 0 Å². The molecule has 0 bridgehead atoms. The molecule has 116 valence electrons. The lowest BCUT2D eigenvalue weighted by Gasteiger charge is -2.36. The maximum Gasteiger partial charge on any atom is 0.234 e. The summed E-state index contributed by atoms with van der Waals surface area (Å²) < 4.78 is 0. The van der Waals surface area contributed by atoms with Crippen molar-refractivity contribution in [1.82, 2.24) is 10.2 Å². The normalized spacial score (nSPS) is 20.1. The fourth-order valence-electron chi connectivity index (χ4n) is 2.76. The number of aliphatic hydroxyl groups excluding tert-OH is 1. The van der Waals surface area contributed by atoms with Crippen molar-refractivity contribution in [3.63, 3.8) is 0 Å². The van der Waals surface area contributed by atoms with E-state index in [1.165, 1.54) is 5.56 Å². The van der Waals surface area contributed by atoms with Gasteiger partial charge in [-0.3, -0.25) is 9.69 Å². The number of aliphatic hydroxyl groups is 1. The van der Waals surface area contributed by atoms with Crippen molar-refractivity contribution in [3.05, 3.63) is 35.4 Å². The summed E-state index contributed by atoms with van der Waals surface area (Å²) in [5, 5.41) is 12.8. The van der Waals surface area contributed by atoms with Gasteiger partial charge < -0.3 is 10.4 Å². The van der Waals surface area contributed by atoms with Crippen LogP contribution in [0.3, 0.4) is 0 Å². The van der Waals surface area contributed by atoms with E-state index < -0.39 is 0 Å². The van der Waals surface area contributed by atoms with Crippen molar-refractivity contribution < 1.29 is 9.90 Å². The van der Waals surface area contributed by atoms with E-state index in [0.717, 1.165) is 18.5 Å². The number of nitrogens with zero attached hydrogens (tertiary/aromatic N) is 1. The molecule has 21 heavy (non-hydrogen) atoms. The third-order valence-electron chi connectivity index (χ3n) is 4.43. The molecule has 0 fully saturated rings. The zero-order chi connectivity index (χ0) is 15.4. The zero-order valence-electron chi connectivity index (χ0n) is 13.2. The van der Waals surface area contributed by atoms with E-state index in [1.54, 1.807) is 0 Å². The zero-order valence-corrected chi connectivity index (χ0v) is 13.2. The average Bonchev–Trinajstić information content (AvgIpc) is 2.46. The quantitative estimate of drug-likeness (QED) is 0.868. The maximum absolute atomic E-state index is 12.2. The number of benzene rings is 1. The van der Waals surface area contributed by atoms with Gasteiger partial charge in [0.05, 0.1) is 19.2 Å². The number of amides is 1. The Morgan fingerprint density at radius 2 is 2.10 bits per heavy atom. The Hall–Kier alpha value is -1.39. The van der Waals surface area contributed by atoms with Gasteiger partial charge in [-0.1, -0.05) is 38.1 Å². The summed E-state index contributed by atoms with van der Waals surface area (Å²) in [6.45, 7) is 7.42. The number of carbonyl (C=O) groups is 1. The molecule has 2 unspecified atom stereocenters. The molecule has 1 aliphatic rings. The van der Waals surface area contributed by atoms with Gasteiger partial charge in [0.15, 0.2) is 0 Å². The van der Waals surface area contributed by atoms with Crippen LogP contribution in [0.15, 0.2) is 24.3 Å². The number of hydrogen-bond acceptors (Lipinski definition) is 3. The second kappa shape index (κ2) is 7.05. The highest BCUT2D eigenvalue weighted by Gasteiger charge is 2.28. The first kappa shape index (κ1) is 16.0. The van der Waals surface area contributed by atoms with Crippen LogP contribution in [-0.4, -0.2) is 41.7 Å². The fourth-order valence-corrected chi connectivity index (χ4v) is 2.76.